The van der Waals surface area contributed by atoms with Gasteiger partial charge >= 0.3 is 11.9 Å². The highest BCUT2D eigenvalue weighted by Gasteiger charge is 2.76. The van der Waals surface area contributed by atoms with Crippen LogP contribution in [0.15, 0.2) is 23.3 Å². The van der Waals surface area contributed by atoms with Gasteiger partial charge in [-0.2, -0.15) is 0 Å². The summed E-state index contributed by atoms with van der Waals surface area (Å²) in [4.78, 5) is 38.7. The lowest BCUT2D eigenvalue weighted by Crippen LogP contribution is -2.68. The second-order valence-electron chi connectivity index (χ2n) is 10.4. The van der Waals surface area contributed by atoms with Crippen molar-refractivity contribution in [2.24, 2.45) is 34.5 Å². The normalized spacial score (nSPS) is 39.6. The summed E-state index contributed by atoms with van der Waals surface area (Å²) >= 11 is 0. The first-order chi connectivity index (χ1) is 14.3. The van der Waals surface area contributed by atoms with Gasteiger partial charge in [-0.05, 0) is 50.5 Å². The third-order valence-corrected chi connectivity index (χ3v) is 8.33. The van der Waals surface area contributed by atoms with Gasteiger partial charge in [-0.25, -0.2) is 4.79 Å². The Morgan fingerprint density at radius 3 is 2.35 bits per heavy atom. The first kappa shape index (κ1) is 23.7. The van der Waals surface area contributed by atoms with Gasteiger partial charge in [0.05, 0.1) is 5.92 Å². The number of carbonyl (C=O) groups is 3. The van der Waals surface area contributed by atoms with E-state index in [0.29, 0.717) is 12.0 Å². The van der Waals surface area contributed by atoms with E-state index in [0.717, 1.165) is 5.57 Å². The molecule has 0 aliphatic heterocycles. The molecule has 0 saturated heterocycles. The Labute approximate surface area is 185 Å². The van der Waals surface area contributed by atoms with Gasteiger partial charge in [0.15, 0.2) is 11.9 Å². The van der Waals surface area contributed by atoms with Crippen LogP contribution in [0, 0.1) is 34.5 Å². The Balaban J connectivity index is 2.14. The molecule has 1 N–H and O–H groups in total. The summed E-state index contributed by atoms with van der Waals surface area (Å²) in [5.41, 5.74) is -0.118. The van der Waals surface area contributed by atoms with Crippen LogP contribution in [0.1, 0.15) is 61.8 Å². The summed E-state index contributed by atoms with van der Waals surface area (Å²) in [7, 11) is 0. The molecule has 0 aromatic carbocycles. The number of aliphatic hydroxyl groups is 1. The van der Waals surface area contributed by atoms with Crippen molar-refractivity contribution in [3.63, 3.8) is 0 Å². The van der Waals surface area contributed by atoms with Gasteiger partial charge in [0.25, 0.3) is 0 Å². The molecule has 0 aromatic rings. The Morgan fingerprint density at radius 1 is 1.23 bits per heavy atom. The molecule has 0 spiro atoms. The average molecular weight is 433 g/mol. The monoisotopic (exact) mass is 432 g/mol. The molecule has 6 nitrogen and oxygen atoms in total. The molecule has 3 fully saturated rings. The molecule has 4 aliphatic carbocycles. The zero-order valence-corrected chi connectivity index (χ0v) is 19.9. The second-order valence-corrected chi connectivity index (χ2v) is 10.4. The molecule has 0 amide bonds. The lowest BCUT2D eigenvalue weighted by Gasteiger charge is -2.65. The van der Waals surface area contributed by atoms with Crippen molar-refractivity contribution >= 4 is 17.7 Å². The van der Waals surface area contributed by atoms with E-state index in [1.54, 1.807) is 32.9 Å². The van der Waals surface area contributed by atoms with Crippen molar-refractivity contribution in [1.82, 2.24) is 0 Å². The first-order valence-corrected chi connectivity index (χ1v) is 11.3. The van der Waals surface area contributed by atoms with Crippen LogP contribution in [0.2, 0.25) is 0 Å². The minimum absolute atomic E-state index is 0.00558. The van der Waals surface area contributed by atoms with E-state index in [9.17, 15) is 19.5 Å². The van der Waals surface area contributed by atoms with Gasteiger partial charge in [0, 0.05) is 16.9 Å². The standard InChI is InChI=1S/C25H36O6/c1-9-12(3)22(28)30-19-20(27)24(6,7)18-16-14(5)11-15(26)17(18)25(16,8)21(19)31-23(29)13(4)10-2/h9,11,13,16-21,27H,10H2,1-8H3/b12-9-/t13?,16-,17+,18-,19+,20+,21+,25+/m0/s1. The third-order valence-electron chi connectivity index (χ3n) is 8.33. The molecule has 4 bridgehead atoms. The summed E-state index contributed by atoms with van der Waals surface area (Å²) < 4.78 is 11.9. The van der Waals surface area contributed by atoms with E-state index in [1.807, 2.05) is 34.6 Å². The molecule has 0 radical (unpaired) electrons. The van der Waals surface area contributed by atoms with Crippen LogP contribution in [0.4, 0.5) is 0 Å². The van der Waals surface area contributed by atoms with Crippen LogP contribution in [-0.2, 0) is 23.9 Å². The van der Waals surface area contributed by atoms with E-state index in [1.165, 1.54) is 0 Å². The van der Waals surface area contributed by atoms with Gasteiger partial charge in [0.1, 0.15) is 12.2 Å². The van der Waals surface area contributed by atoms with Gasteiger partial charge in [-0.1, -0.05) is 46.3 Å². The van der Waals surface area contributed by atoms with Crippen LogP contribution >= 0.6 is 0 Å². The van der Waals surface area contributed by atoms with E-state index < -0.39 is 47.0 Å². The van der Waals surface area contributed by atoms with E-state index in [4.69, 9.17) is 9.47 Å². The minimum Gasteiger partial charge on any atom is -0.457 e. The second kappa shape index (κ2) is 7.88. The van der Waals surface area contributed by atoms with Crippen LogP contribution in [0.25, 0.3) is 0 Å². The van der Waals surface area contributed by atoms with E-state index in [2.05, 4.69) is 0 Å². The van der Waals surface area contributed by atoms with E-state index in [-0.39, 0.29) is 23.5 Å². The van der Waals surface area contributed by atoms with Gasteiger partial charge in [0.2, 0.25) is 0 Å². The highest BCUT2D eigenvalue weighted by molar-refractivity contribution is 5.97. The Hall–Kier alpha value is -1.95. The summed E-state index contributed by atoms with van der Waals surface area (Å²) in [6.45, 7) is 14.8. The Kier molecular flexibility index (Phi) is 6.02. The largest absolute Gasteiger partial charge is 0.457 e. The number of hydrogen-bond acceptors (Lipinski definition) is 6. The molecule has 6 heteroatoms. The minimum atomic E-state index is -1.09. The molecule has 3 saturated carbocycles. The maximum absolute atomic E-state index is 13.1. The zero-order valence-electron chi connectivity index (χ0n) is 19.9. The molecule has 8 atom stereocenters. The van der Waals surface area contributed by atoms with Crippen LogP contribution in [0.5, 0.6) is 0 Å². The number of carbonyl (C=O) groups excluding carboxylic acids is 3. The third kappa shape index (κ3) is 3.29. The van der Waals surface area contributed by atoms with Crippen molar-refractivity contribution in [2.75, 3.05) is 0 Å². The van der Waals surface area contributed by atoms with Crippen molar-refractivity contribution in [2.45, 2.75) is 80.1 Å². The van der Waals surface area contributed by atoms with Gasteiger partial charge in [-0.15, -0.1) is 0 Å². The van der Waals surface area contributed by atoms with Crippen LogP contribution < -0.4 is 0 Å². The summed E-state index contributed by atoms with van der Waals surface area (Å²) in [6.07, 6.45) is 0.855. The van der Waals surface area contributed by atoms with E-state index >= 15 is 0 Å². The number of aliphatic hydroxyl groups excluding tert-OH is 1. The number of ketones is 1. The van der Waals surface area contributed by atoms with Crippen molar-refractivity contribution in [3.05, 3.63) is 23.3 Å². The Morgan fingerprint density at radius 2 is 1.84 bits per heavy atom. The molecular weight excluding hydrogens is 396 g/mol. The highest BCUT2D eigenvalue weighted by atomic mass is 16.6. The molecule has 4 rings (SSSR count). The highest BCUT2D eigenvalue weighted by Crippen LogP contribution is 2.72. The fourth-order valence-electron chi connectivity index (χ4n) is 6.12. The topological polar surface area (TPSA) is 89.9 Å². The molecular formula is C25H36O6. The number of rotatable bonds is 5. The SMILES string of the molecule is C/C=C(/C)C(=O)O[C@@H]1[C@@H](O)C(C)(C)[C@@H]2[C@H]3C(=O)C=C(C)[C@@H]2[C@@]3(C)[C@@H]1OC(=O)C(C)CC. The number of allylic oxidation sites excluding steroid dienone is 3. The van der Waals surface area contributed by atoms with Crippen molar-refractivity contribution < 1.29 is 29.0 Å². The molecule has 31 heavy (non-hydrogen) atoms. The average Bonchev–Trinajstić information content (AvgIpc) is 2.78. The maximum Gasteiger partial charge on any atom is 0.333 e. The quantitative estimate of drug-likeness (QED) is 0.527. The van der Waals surface area contributed by atoms with Gasteiger partial charge < -0.3 is 14.6 Å². The van der Waals surface area contributed by atoms with Crippen molar-refractivity contribution in [3.8, 4) is 0 Å². The summed E-state index contributed by atoms with van der Waals surface area (Å²) in [6, 6.07) is 0. The fraction of sp³-hybridized carbons (Fsp3) is 0.720. The summed E-state index contributed by atoms with van der Waals surface area (Å²) in [5.74, 6) is -1.85. The molecule has 4 aliphatic rings. The lowest BCUT2D eigenvalue weighted by molar-refractivity contribution is -0.216. The number of hydrogen-bond donors (Lipinski definition) is 1. The number of esters is 2. The molecule has 172 valence electrons. The fourth-order valence-corrected chi connectivity index (χ4v) is 6.12. The molecule has 0 aromatic heterocycles. The molecule has 0 heterocycles. The number of fused-ring (bicyclic) bond motifs is 3. The van der Waals surface area contributed by atoms with Crippen LogP contribution in [-0.4, -0.2) is 41.1 Å². The lowest BCUT2D eigenvalue weighted by atomic mass is 9.37. The zero-order chi connectivity index (χ0) is 23.5. The first-order valence-electron chi connectivity index (χ1n) is 11.3. The van der Waals surface area contributed by atoms with Gasteiger partial charge in [-0.3, -0.25) is 9.59 Å². The smallest absolute Gasteiger partial charge is 0.333 e. The predicted octanol–water partition coefficient (Wildman–Crippen LogP) is 3.62. The maximum atomic E-state index is 13.1. The van der Waals surface area contributed by atoms with Crippen LogP contribution in [0.3, 0.4) is 0 Å². The summed E-state index contributed by atoms with van der Waals surface area (Å²) in [5, 5.41) is 11.5. The molecule has 1 unspecified atom stereocenters. The Bertz CT molecular complexity index is 852. The van der Waals surface area contributed by atoms with Crippen molar-refractivity contribution in [1.29, 1.82) is 0 Å². The predicted molar refractivity (Wildman–Crippen MR) is 116 cm³/mol. The number of ether oxygens (including phenoxy) is 2.